The van der Waals surface area contributed by atoms with E-state index in [1.807, 2.05) is 0 Å². The summed E-state index contributed by atoms with van der Waals surface area (Å²) in [6, 6.07) is 2.02. The molecule has 4 heterocycles. The van der Waals surface area contributed by atoms with Crippen molar-refractivity contribution in [2.75, 3.05) is 105 Å². The molecule has 0 bridgehead atoms. The molecule has 0 amide bonds. The molecule has 40 heavy (non-hydrogen) atoms. The molecule has 4 fully saturated rings. The highest BCUT2D eigenvalue weighted by atomic mass is 16.5. The van der Waals surface area contributed by atoms with Gasteiger partial charge < -0.3 is 29.5 Å². The van der Waals surface area contributed by atoms with E-state index in [4.69, 9.17) is 9.47 Å². The Kier molecular flexibility index (Phi) is 13.4. The van der Waals surface area contributed by atoms with E-state index in [1.165, 1.54) is 84.7 Å². The second-order valence-corrected chi connectivity index (χ2v) is 13.9. The minimum absolute atomic E-state index is 0.303. The van der Waals surface area contributed by atoms with Crippen LogP contribution in [0.1, 0.15) is 60.8 Å². The number of nitrogens with one attached hydrogen (secondary N) is 1. The Morgan fingerprint density at radius 2 is 1.38 bits per heavy atom. The van der Waals surface area contributed by atoms with Crippen molar-refractivity contribution < 1.29 is 9.47 Å². The van der Waals surface area contributed by atoms with E-state index in [9.17, 15) is 0 Å². The molecule has 4 saturated heterocycles. The summed E-state index contributed by atoms with van der Waals surface area (Å²) < 4.78 is 12.1. The van der Waals surface area contributed by atoms with Crippen molar-refractivity contribution in [3.05, 3.63) is 0 Å². The van der Waals surface area contributed by atoms with Gasteiger partial charge in [-0.2, -0.15) is 0 Å². The van der Waals surface area contributed by atoms with Crippen LogP contribution >= 0.6 is 0 Å². The molecule has 8 nitrogen and oxygen atoms in total. The SMILES string of the molecule is CC(C)OCCN1CCC(CN2CCNCC2)C(C2CN(C3CCN(C(C)C)CC3)CCN2CCOC(C)C)C1. The predicted molar refractivity (Wildman–Crippen MR) is 166 cm³/mol. The lowest BCUT2D eigenvalue weighted by Gasteiger charge is -2.53. The van der Waals surface area contributed by atoms with Crippen LogP contribution in [0.3, 0.4) is 0 Å². The van der Waals surface area contributed by atoms with Crippen LogP contribution in [0.15, 0.2) is 0 Å². The van der Waals surface area contributed by atoms with Gasteiger partial charge in [-0.05, 0) is 92.3 Å². The third-order valence-electron chi connectivity index (χ3n) is 10.1. The van der Waals surface area contributed by atoms with Crippen molar-refractivity contribution in [3.63, 3.8) is 0 Å². The number of nitrogens with zero attached hydrogens (tertiary/aromatic N) is 5. The molecule has 234 valence electrons. The van der Waals surface area contributed by atoms with Crippen molar-refractivity contribution in [2.24, 2.45) is 11.8 Å². The molecule has 3 unspecified atom stereocenters. The van der Waals surface area contributed by atoms with Crippen molar-refractivity contribution in [1.82, 2.24) is 29.8 Å². The first-order valence-electron chi connectivity index (χ1n) is 16.9. The molecule has 3 atom stereocenters. The molecule has 0 aromatic rings. The minimum Gasteiger partial charge on any atom is -0.377 e. The fourth-order valence-electron chi connectivity index (χ4n) is 7.67. The van der Waals surface area contributed by atoms with Gasteiger partial charge in [0.25, 0.3) is 0 Å². The predicted octanol–water partition coefficient (Wildman–Crippen LogP) is 2.54. The number of likely N-dealkylation sites (tertiary alicyclic amines) is 2. The molecule has 0 spiro atoms. The van der Waals surface area contributed by atoms with Crippen LogP contribution in [0.4, 0.5) is 0 Å². The Morgan fingerprint density at radius 1 is 0.700 bits per heavy atom. The largest absolute Gasteiger partial charge is 0.377 e. The average Bonchev–Trinajstić information content (AvgIpc) is 2.94. The van der Waals surface area contributed by atoms with E-state index in [1.54, 1.807) is 0 Å². The zero-order valence-corrected chi connectivity index (χ0v) is 27.0. The molecule has 4 aliphatic heterocycles. The van der Waals surface area contributed by atoms with Crippen molar-refractivity contribution in [1.29, 1.82) is 0 Å². The molecule has 0 saturated carbocycles. The molecular weight excluding hydrogens is 500 g/mol. The van der Waals surface area contributed by atoms with Gasteiger partial charge in [-0.25, -0.2) is 0 Å². The monoisotopic (exact) mass is 565 g/mol. The summed E-state index contributed by atoms with van der Waals surface area (Å²) in [6.45, 7) is 31.7. The third kappa shape index (κ3) is 9.87. The minimum atomic E-state index is 0.303. The highest BCUT2D eigenvalue weighted by Crippen LogP contribution is 2.33. The first-order chi connectivity index (χ1) is 19.3. The molecule has 0 aromatic heterocycles. The summed E-state index contributed by atoms with van der Waals surface area (Å²) in [5.74, 6) is 1.46. The van der Waals surface area contributed by atoms with E-state index >= 15 is 0 Å². The van der Waals surface area contributed by atoms with E-state index in [0.717, 1.165) is 51.4 Å². The number of piperazine rings is 2. The van der Waals surface area contributed by atoms with Crippen LogP contribution in [-0.4, -0.2) is 160 Å². The van der Waals surface area contributed by atoms with Crippen LogP contribution < -0.4 is 5.32 Å². The average molecular weight is 565 g/mol. The Labute approximate surface area is 247 Å². The number of ether oxygens (including phenoxy) is 2. The lowest BCUT2D eigenvalue weighted by molar-refractivity contribution is -0.0513. The van der Waals surface area contributed by atoms with Crippen LogP contribution in [0.2, 0.25) is 0 Å². The molecule has 0 radical (unpaired) electrons. The molecule has 8 heteroatoms. The molecular formula is C32H64N6O2. The van der Waals surface area contributed by atoms with Gasteiger partial charge in [-0.15, -0.1) is 0 Å². The third-order valence-corrected chi connectivity index (χ3v) is 10.1. The Hall–Kier alpha value is -0.320. The zero-order chi connectivity index (χ0) is 28.5. The number of hydrogen-bond donors (Lipinski definition) is 1. The van der Waals surface area contributed by atoms with E-state index in [2.05, 4.69) is 71.4 Å². The summed E-state index contributed by atoms with van der Waals surface area (Å²) in [7, 11) is 0. The van der Waals surface area contributed by atoms with Crippen LogP contribution in [0, 0.1) is 11.8 Å². The number of rotatable bonds is 13. The fraction of sp³-hybridized carbons (Fsp3) is 1.00. The van der Waals surface area contributed by atoms with Gasteiger partial charge in [0.05, 0.1) is 25.4 Å². The standard InChI is InChI=1S/C32H64N6O2/c1-26(2)36-13-8-30(9-14-36)38-18-17-37(20-22-40-28(5)6)32(25-38)31-24-34(19-21-39-27(3)4)12-7-29(31)23-35-15-10-33-11-16-35/h26-33H,7-25H2,1-6H3. The highest BCUT2D eigenvalue weighted by molar-refractivity contribution is 4.97. The molecule has 0 aliphatic carbocycles. The number of hydrogen-bond acceptors (Lipinski definition) is 8. The van der Waals surface area contributed by atoms with Crippen molar-refractivity contribution in [3.8, 4) is 0 Å². The highest BCUT2D eigenvalue weighted by Gasteiger charge is 2.42. The Morgan fingerprint density at radius 3 is 2.02 bits per heavy atom. The molecule has 0 aromatic carbocycles. The van der Waals surface area contributed by atoms with Crippen molar-refractivity contribution >= 4 is 0 Å². The zero-order valence-electron chi connectivity index (χ0n) is 27.0. The Bertz CT molecular complexity index is 695. The first kappa shape index (κ1) is 32.6. The van der Waals surface area contributed by atoms with Gasteiger partial charge in [-0.1, -0.05) is 0 Å². The summed E-state index contributed by atoms with van der Waals surface area (Å²) >= 11 is 0. The second-order valence-electron chi connectivity index (χ2n) is 13.9. The van der Waals surface area contributed by atoms with E-state index in [-0.39, 0.29) is 0 Å². The summed E-state index contributed by atoms with van der Waals surface area (Å²) in [6.07, 6.45) is 4.59. The first-order valence-corrected chi connectivity index (χ1v) is 16.9. The topological polar surface area (TPSA) is 46.7 Å². The summed E-state index contributed by atoms with van der Waals surface area (Å²) in [5, 5.41) is 3.56. The van der Waals surface area contributed by atoms with Crippen LogP contribution in [0.25, 0.3) is 0 Å². The van der Waals surface area contributed by atoms with Gasteiger partial charge in [0.2, 0.25) is 0 Å². The lowest BCUT2D eigenvalue weighted by Crippen LogP contribution is -2.64. The fourth-order valence-corrected chi connectivity index (χ4v) is 7.67. The summed E-state index contributed by atoms with van der Waals surface area (Å²) in [5.41, 5.74) is 0. The smallest absolute Gasteiger partial charge is 0.0597 e. The van der Waals surface area contributed by atoms with Crippen molar-refractivity contribution in [2.45, 2.75) is 91.1 Å². The van der Waals surface area contributed by atoms with Crippen LogP contribution in [0.5, 0.6) is 0 Å². The van der Waals surface area contributed by atoms with Gasteiger partial charge in [0, 0.05) is 90.1 Å². The maximum absolute atomic E-state index is 6.10. The molecule has 4 aliphatic rings. The Balaban J connectivity index is 1.48. The van der Waals surface area contributed by atoms with Gasteiger partial charge >= 0.3 is 0 Å². The quantitative estimate of drug-likeness (QED) is 0.366. The molecule has 4 rings (SSSR count). The van der Waals surface area contributed by atoms with E-state index < -0.39 is 0 Å². The van der Waals surface area contributed by atoms with Gasteiger partial charge in [0.15, 0.2) is 0 Å². The van der Waals surface area contributed by atoms with Gasteiger partial charge in [-0.3, -0.25) is 9.80 Å². The van der Waals surface area contributed by atoms with Crippen LogP contribution in [-0.2, 0) is 9.47 Å². The second kappa shape index (κ2) is 16.5. The normalized spacial score (nSPS) is 29.8. The summed E-state index contributed by atoms with van der Waals surface area (Å²) in [4.78, 5) is 13.9. The number of piperidine rings is 2. The lowest BCUT2D eigenvalue weighted by atomic mass is 9.78. The molecule has 1 N–H and O–H groups in total. The van der Waals surface area contributed by atoms with Gasteiger partial charge in [0.1, 0.15) is 0 Å². The maximum Gasteiger partial charge on any atom is 0.0597 e. The maximum atomic E-state index is 6.10. The van der Waals surface area contributed by atoms with E-state index in [0.29, 0.717) is 30.2 Å².